The molecule has 0 amide bonds. The van der Waals surface area contributed by atoms with Gasteiger partial charge in [-0.1, -0.05) is 60.7 Å². The molecule has 1 atom stereocenters. The van der Waals surface area contributed by atoms with Gasteiger partial charge in [-0.05, 0) is 17.2 Å². The van der Waals surface area contributed by atoms with E-state index >= 15 is 0 Å². The summed E-state index contributed by atoms with van der Waals surface area (Å²) in [4.78, 5) is 11.3. The van der Waals surface area contributed by atoms with Gasteiger partial charge in [0.05, 0.1) is 13.7 Å². The molecule has 0 fully saturated rings. The summed E-state index contributed by atoms with van der Waals surface area (Å²) in [6, 6.07) is 19.7. The number of carbonyl (C=O) groups excluding carboxylic acids is 1. The number of esters is 1. The fraction of sp³-hybridized carbons (Fsp3) is 0.167. The third-order valence-corrected chi connectivity index (χ3v) is 3.01. The molecule has 0 bridgehead atoms. The van der Waals surface area contributed by atoms with Crippen molar-refractivity contribution >= 4 is 5.97 Å². The Morgan fingerprint density at radius 3 is 2.29 bits per heavy atom. The normalized spacial score (nSPS) is 12.2. The molecule has 0 N–H and O–H groups in total. The molecule has 0 saturated heterocycles. The molecule has 3 nitrogen and oxygen atoms in total. The molecule has 21 heavy (non-hydrogen) atoms. The molecule has 108 valence electrons. The topological polar surface area (TPSA) is 35.5 Å². The van der Waals surface area contributed by atoms with Crippen molar-refractivity contribution in [2.24, 2.45) is 0 Å². The summed E-state index contributed by atoms with van der Waals surface area (Å²) in [5.74, 6) is -0.390. The Kier molecular flexibility index (Phi) is 5.73. The van der Waals surface area contributed by atoms with Crippen molar-refractivity contribution in [2.75, 3.05) is 7.11 Å². The van der Waals surface area contributed by atoms with Crippen LogP contribution in [0.15, 0.2) is 72.8 Å². The number of hydrogen-bond acceptors (Lipinski definition) is 3. The summed E-state index contributed by atoms with van der Waals surface area (Å²) in [5.41, 5.74) is 2.08. The van der Waals surface area contributed by atoms with Crippen LogP contribution in [-0.4, -0.2) is 13.1 Å². The van der Waals surface area contributed by atoms with Crippen molar-refractivity contribution in [2.45, 2.75) is 12.7 Å². The molecule has 0 saturated carbocycles. The lowest BCUT2D eigenvalue weighted by atomic mass is 10.1. The molecular weight excluding hydrogens is 264 g/mol. The summed E-state index contributed by atoms with van der Waals surface area (Å²) < 4.78 is 10.5. The fourth-order valence-corrected chi connectivity index (χ4v) is 1.90. The molecule has 0 aliphatic carbocycles. The minimum atomic E-state index is -0.390. The third kappa shape index (κ3) is 4.89. The van der Waals surface area contributed by atoms with Gasteiger partial charge in [0.2, 0.25) is 0 Å². The highest BCUT2D eigenvalue weighted by atomic mass is 16.5. The van der Waals surface area contributed by atoms with E-state index < -0.39 is 0 Å². The van der Waals surface area contributed by atoms with Gasteiger partial charge in [-0.15, -0.1) is 0 Å². The average molecular weight is 282 g/mol. The van der Waals surface area contributed by atoms with Crippen LogP contribution >= 0.6 is 0 Å². The third-order valence-electron chi connectivity index (χ3n) is 3.01. The number of hydrogen-bond donors (Lipinski definition) is 0. The van der Waals surface area contributed by atoms with Gasteiger partial charge in [-0.3, -0.25) is 0 Å². The second kappa shape index (κ2) is 8.02. The van der Waals surface area contributed by atoms with Gasteiger partial charge in [0.15, 0.2) is 0 Å². The van der Waals surface area contributed by atoms with Crippen molar-refractivity contribution in [1.29, 1.82) is 0 Å². The van der Waals surface area contributed by atoms with Crippen LogP contribution in [-0.2, 0) is 20.9 Å². The predicted octanol–water partition coefficient (Wildman–Crippen LogP) is 3.67. The molecular formula is C18H18O3. The Hall–Kier alpha value is -2.39. The monoisotopic (exact) mass is 282 g/mol. The van der Waals surface area contributed by atoms with E-state index in [2.05, 4.69) is 4.74 Å². The lowest BCUT2D eigenvalue weighted by molar-refractivity contribution is -0.134. The van der Waals surface area contributed by atoms with Gasteiger partial charge in [-0.25, -0.2) is 4.79 Å². The Morgan fingerprint density at radius 1 is 1.05 bits per heavy atom. The summed E-state index contributed by atoms with van der Waals surface area (Å²) >= 11 is 0. The summed E-state index contributed by atoms with van der Waals surface area (Å²) in [6.07, 6.45) is 2.82. The van der Waals surface area contributed by atoms with Crippen LogP contribution in [0.4, 0.5) is 0 Å². The van der Waals surface area contributed by atoms with E-state index in [0.717, 1.165) is 11.1 Å². The molecule has 0 aromatic heterocycles. The minimum absolute atomic E-state index is 0.287. The van der Waals surface area contributed by atoms with E-state index in [9.17, 15) is 4.79 Å². The molecule has 1 unspecified atom stereocenters. The molecule has 2 rings (SSSR count). The maximum Gasteiger partial charge on any atom is 0.330 e. The second-order valence-corrected chi connectivity index (χ2v) is 4.51. The van der Waals surface area contributed by atoms with Crippen molar-refractivity contribution in [3.8, 4) is 0 Å². The summed E-state index contributed by atoms with van der Waals surface area (Å²) in [6.45, 7) is 0.478. The van der Waals surface area contributed by atoms with Crippen LogP contribution in [0.3, 0.4) is 0 Å². The molecule has 2 aromatic carbocycles. The van der Waals surface area contributed by atoms with E-state index in [4.69, 9.17) is 4.74 Å². The minimum Gasteiger partial charge on any atom is -0.466 e. The van der Waals surface area contributed by atoms with E-state index in [1.165, 1.54) is 13.2 Å². The number of rotatable bonds is 6. The van der Waals surface area contributed by atoms with E-state index in [1.54, 1.807) is 6.08 Å². The quantitative estimate of drug-likeness (QED) is 0.599. The van der Waals surface area contributed by atoms with E-state index in [-0.39, 0.29) is 12.1 Å². The lowest BCUT2D eigenvalue weighted by Gasteiger charge is -2.14. The van der Waals surface area contributed by atoms with Crippen molar-refractivity contribution < 1.29 is 14.3 Å². The highest BCUT2D eigenvalue weighted by Crippen LogP contribution is 2.20. The average Bonchev–Trinajstić information content (AvgIpc) is 2.56. The highest BCUT2D eigenvalue weighted by Gasteiger charge is 2.09. The molecule has 0 radical (unpaired) electrons. The molecule has 0 aliphatic heterocycles. The van der Waals surface area contributed by atoms with Gasteiger partial charge in [0.25, 0.3) is 0 Å². The smallest absolute Gasteiger partial charge is 0.330 e. The molecule has 0 heterocycles. The van der Waals surface area contributed by atoms with Crippen LogP contribution in [0.1, 0.15) is 17.2 Å². The molecule has 2 aromatic rings. The predicted molar refractivity (Wildman–Crippen MR) is 81.6 cm³/mol. The second-order valence-electron chi connectivity index (χ2n) is 4.51. The molecule has 0 aliphatic rings. The molecule has 3 heteroatoms. The van der Waals surface area contributed by atoms with Gasteiger partial charge >= 0.3 is 5.97 Å². The first-order valence-corrected chi connectivity index (χ1v) is 6.76. The van der Waals surface area contributed by atoms with Crippen LogP contribution in [0.5, 0.6) is 0 Å². The zero-order valence-corrected chi connectivity index (χ0v) is 11.9. The number of carbonyl (C=O) groups is 1. The van der Waals surface area contributed by atoms with Crippen molar-refractivity contribution in [1.82, 2.24) is 0 Å². The Bertz CT molecular complexity index is 576. The van der Waals surface area contributed by atoms with Crippen molar-refractivity contribution in [3.05, 3.63) is 83.9 Å². The van der Waals surface area contributed by atoms with Crippen LogP contribution in [0, 0.1) is 0 Å². The van der Waals surface area contributed by atoms with E-state index in [0.29, 0.717) is 6.61 Å². The fourth-order valence-electron chi connectivity index (χ4n) is 1.90. The number of benzene rings is 2. The first-order valence-electron chi connectivity index (χ1n) is 6.76. The van der Waals surface area contributed by atoms with Crippen LogP contribution < -0.4 is 0 Å². The maximum atomic E-state index is 11.3. The van der Waals surface area contributed by atoms with Crippen LogP contribution in [0.25, 0.3) is 0 Å². The van der Waals surface area contributed by atoms with Gasteiger partial charge in [-0.2, -0.15) is 0 Å². The Balaban J connectivity index is 2.09. The number of methoxy groups -OCH3 is 1. The Morgan fingerprint density at radius 2 is 1.67 bits per heavy atom. The Labute approximate surface area is 124 Å². The van der Waals surface area contributed by atoms with Crippen LogP contribution in [0.2, 0.25) is 0 Å². The standard InChI is InChI=1S/C18H18O3/c1-20-18(19)13-12-17(16-10-6-3-7-11-16)21-14-15-8-4-2-5-9-15/h2-13,17H,14H2,1H3/b13-12+. The largest absolute Gasteiger partial charge is 0.466 e. The SMILES string of the molecule is COC(=O)/C=C/C(OCc1ccccc1)c1ccccc1. The zero-order valence-electron chi connectivity index (χ0n) is 11.9. The lowest BCUT2D eigenvalue weighted by Crippen LogP contribution is -2.03. The first-order chi connectivity index (χ1) is 10.3. The highest BCUT2D eigenvalue weighted by molar-refractivity contribution is 5.81. The zero-order chi connectivity index (χ0) is 14.9. The van der Waals surface area contributed by atoms with E-state index in [1.807, 2.05) is 60.7 Å². The summed E-state index contributed by atoms with van der Waals surface area (Å²) in [7, 11) is 1.36. The maximum absolute atomic E-state index is 11.3. The van der Waals surface area contributed by atoms with Gasteiger partial charge in [0.1, 0.15) is 6.10 Å². The molecule has 0 spiro atoms. The van der Waals surface area contributed by atoms with Crippen molar-refractivity contribution in [3.63, 3.8) is 0 Å². The van der Waals surface area contributed by atoms with Gasteiger partial charge in [0, 0.05) is 6.08 Å². The first kappa shape index (κ1) is 15.0. The summed E-state index contributed by atoms with van der Waals surface area (Å²) in [5, 5.41) is 0. The van der Waals surface area contributed by atoms with Gasteiger partial charge < -0.3 is 9.47 Å². The number of ether oxygens (including phenoxy) is 2.